The summed E-state index contributed by atoms with van der Waals surface area (Å²) >= 11 is 0. The molecule has 1 saturated heterocycles. The molecule has 8 nitrogen and oxygen atoms in total. The number of ether oxygens (including phenoxy) is 1. The van der Waals surface area contributed by atoms with Gasteiger partial charge in [-0.05, 0) is 57.5 Å². The molecule has 0 radical (unpaired) electrons. The Morgan fingerprint density at radius 3 is 2.61 bits per heavy atom. The summed E-state index contributed by atoms with van der Waals surface area (Å²) in [5.74, 6) is 0.526. The van der Waals surface area contributed by atoms with Crippen LogP contribution in [0.25, 0.3) is 11.4 Å². The molecule has 2 aromatic carbocycles. The topological polar surface area (TPSA) is 97.6 Å². The number of carbonyl (C=O) groups is 2. The van der Waals surface area contributed by atoms with E-state index in [0.29, 0.717) is 42.4 Å². The van der Waals surface area contributed by atoms with Crippen LogP contribution in [0.2, 0.25) is 0 Å². The van der Waals surface area contributed by atoms with Crippen molar-refractivity contribution >= 4 is 17.6 Å². The number of nitrogens with one attached hydrogen (secondary N) is 1. The number of rotatable bonds is 7. The zero-order chi connectivity index (χ0) is 23.2. The summed E-state index contributed by atoms with van der Waals surface area (Å²) in [6.45, 7) is 6.11. The molecule has 3 aromatic rings. The van der Waals surface area contributed by atoms with Crippen LogP contribution in [-0.2, 0) is 16.1 Å². The van der Waals surface area contributed by atoms with E-state index in [1.54, 1.807) is 31.2 Å². The fraction of sp³-hybridized carbons (Fsp3) is 0.360. The molecule has 0 spiro atoms. The Labute approximate surface area is 192 Å². The van der Waals surface area contributed by atoms with E-state index in [4.69, 9.17) is 9.26 Å². The van der Waals surface area contributed by atoms with Gasteiger partial charge in [-0.25, -0.2) is 4.79 Å². The van der Waals surface area contributed by atoms with E-state index >= 15 is 0 Å². The second-order valence-electron chi connectivity index (χ2n) is 8.13. The molecule has 0 saturated carbocycles. The quantitative estimate of drug-likeness (QED) is 0.544. The third kappa shape index (κ3) is 5.46. The number of carbonyl (C=O) groups excluding carboxylic acids is 2. The Bertz CT molecular complexity index is 1120. The van der Waals surface area contributed by atoms with Crippen molar-refractivity contribution in [1.82, 2.24) is 15.0 Å². The Balaban J connectivity index is 1.31. The molecule has 0 aliphatic carbocycles. The predicted molar refractivity (Wildman–Crippen MR) is 124 cm³/mol. The van der Waals surface area contributed by atoms with Crippen LogP contribution in [0.4, 0.5) is 5.69 Å². The number of amides is 1. The summed E-state index contributed by atoms with van der Waals surface area (Å²) < 4.78 is 10.5. The molecule has 0 atom stereocenters. The van der Waals surface area contributed by atoms with Gasteiger partial charge in [0.2, 0.25) is 17.6 Å². The van der Waals surface area contributed by atoms with Crippen LogP contribution in [0.1, 0.15) is 41.6 Å². The first-order chi connectivity index (χ1) is 16.0. The number of likely N-dealkylation sites (tertiary alicyclic amines) is 1. The second kappa shape index (κ2) is 10.4. The molecule has 1 aromatic heterocycles. The lowest BCUT2D eigenvalue weighted by atomic mass is 9.95. The summed E-state index contributed by atoms with van der Waals surface area (Å²) in [5, 5.41) is 7.04. The third-order valence-corrected chi connectivity index (χ3v) is 5.85. The van der Waals surface area contributed by atoms with Gasteiger partial charge in [0.1, 0.15) is 0 Å². The maximum atomic E-state index is 12.8. The minimum atomic E-state index is -0.437. The smallest absolute Gasteiger partial charge is 0.340 e. The molecule has 8 heteroatoms. The monoisotopic (exact) mass is 448 g/mol. The number of esters is 1. The molecule has 1 N–H and O–H groups in total. The maximum Gasteiger partial charge on any atom is 0.340 e. The van der Waals surface area contributed by atoms with Crippen molar-refractivity contribution < 1.29 is 18.8 Å². The summed E-state index contributed by atoms with van der Waals surface area (Å²) in [5.41, 5.74) is 2.91. The molecule has 172 valence electrons. The zero-order valence-electron chi connectivity index (χ0n) is 18.9. The van der Waals surface area contributed by atoms with Gasteiger partial charge in [0, 0.05) is 11.5 Å². The van der Waals surface area contributed by atoms with E-state index in [1.807, 2.05) is 31.2 Å². The van der Waals surface area contributed by atoms with Crippen molar-refractivity contribution in [3.8, 4) is 11.4 Å². The van der Waals surface area contributed by atoms with Crippen LogP contribution in [0.3, 0.4) is 0 Å². The van der Waals surface area contributed by atoms with Crippen LogP contribution < -0.4 is 5.32 Å². The standard InChI is InChI=1S/C25H28N4O4/c1-3-32-25(31)20-10-6-7-11-21(20)26-24(30)18-12-14-29(15-13-18)16-22-27-23(28-33-22)19-9-5-4-8-17(19)2/h4-11,18H,3,12-16H2,1-2H3,(H,26,30). The summed E-state index contributed by atoms with van der Waals surface area (Å²) in [4.78, 5) is 31.7. The molecular weight excluding hydrogens is 420 g/mol. The zero-order valence-corrected chi connectivity index (χ0v) is 18.9. The Hall–Kier alpha value is -3.52. The number of piperidine rings is 1. The normalized spacial score (nSPS) is 14.7. The van der Waals surface area contributed by atoms with Crippen molar-refractivity contribution in [2.75, 3.05) is 25.0 Å². The fourth-order valence-corrected chi connectivity index (χ4v) is 4.01. The number of aromatic nitrogens is 2. The summed E-state index contributed by atoms with van der Waals surface area (Å²) in [7, 11) is 0. The summed E-state index contributed by atoms with van der Waals surface area (Å²) in [6.07, 6.45) is 1.43. The maximum absolute atomic E-state index is 12.8. The van der Waals surface area contributed by atoms with Crippen LogP contribution in [0.5, 0.6) is 0 Å². The van der Waals surface area contributed by atoms with E-state index in [0.717, 1.165) is 24.2 Å². The predicted octanol–water partition coefficient (Wildman–Crippen LogP) is 4.07. The summed E-state index contributed by atoms with van der Waals surface area (Å²) in [6, 6.07) is 14.9. The molecule has 0 bridgehead atoms. The molecule has 0 unspecified atom stereocenters. The number of anilines is 1. The van der Waals surface area contributed by atoms with Crippen molar-refractivity contribution in [2.24, 2.45) is 5.92 Å². The second-order valence-corrected chi connectivity index (χ2v) is 8.13. The number of hydrogen-bond donors (Lipinski definition) is 1. The Kier molecular flexibility index (Phi) is 7.14. The van der Waals surface area contributed by atoms with E-state index in [-0.39, 0.29) is 18.4 Å². The molecule has 33 heavy (non-hydrogen) atoms. The first-order valence-corrected chi connectivity index (χ1v) is 11.2. The van der Waals surface area contributed by atoms with E-state index in [2.05, 4.69) is 20.4 Å². The number of nitrogens with zero attached hydrogens (tertiary/aromatic N) is 3. The van der Waals surface area contributed by atoms with Crippen LogP contribution in [0.15, 0.2) is 53.1 Å². The Morgan fingerprint density at radius 1 is 1.12 bits per heavy atom. The average molecular weight is 449 g/mol. The third-order valence-electron chi connectivity index (χ3n) is 5.85. The number of benzene rings is 2. The van der Waals surface area contributed by atoms with Gasteiger partial charge in [-0.2, -0.15) is 4.98 Å². The fourth-order valence-electron chi connectivity index (χ4n) is 4.01. The average Bonchev–Trinajstić information content (AvgIpc) is 3.28. The largest absolute Gasteiger partial charge is 0.462 e. The highest BCUT2D eigenvalue weighted by Crippen LogP contribution is 2.24. The van der Waals surface area contributed by atoms with Gasteiger partial charge < -0.3 is 14.6 Å². The van der Waals surface area contributed by atoms with Crippen LogP contribution >= 0.6 is 0 Å². The van der Waals surface area contributed by atoms with Gasteiger partial charge >= 0.3 is 5.97 Å². The highest BCUT2D eigenvalue weighted by atomic mass is 16.5. The van der Waals surface area contributed by atoms with Crippen LogP contribution in [-0.4, -0.2) is 46.6 Å². The van der Waals surface area contributed by atoms with Gasteiger partial charge in [0.15, 0.2) is 0 Å². The van der Waals surface area contributed by atoms with Crippen molar-refractivity contribution in [1.29, 1.82) is 0 Å². The van der Waals surface area contributed by atoms with E-state index in [9.17, 15) is 9.59 Å². The molecule has 2 heterocycles. The van der Waals surface area contributed by atoms with Gasteiger partial charge in [-0.15, -0.1) is 0 Å². The van der Waals surface area contributed by atoms with Gasteiger partial charge in [-0.3, -0.25) is 9.69 Å². The molecule has 1 aliphatic heterocycles. The van der Waals surface area contributed by atoms with Gasteiger partial charge in [-0.1, -0.05) is 41.6 Å². The van der Waals surface area contributed by atoms with Gasteiger partial charge in [0.05, 0.1) is 24.4 Å². The lowest BCUT2D eigenvalue weighted by Crippen LogP contribution is -2.38. The number of para-hydroxylation sites is 1. The molecule has 1 aliphatic rings. The lowest BCUT2D eigenvalue weighted by molar-refractivity contribution is -0.121. The van der Waals surface area contributed by atoms with E-state index in [1.165, 1.54) is 0 Å². The molecule has 1 amide bonds. The van der Waals surface area contributed by atoms with Crippen molar-refractivity contribution in [3.63, 3.8) is 0 Å². The molecule has 1 fully saturated rings. The van der Waals surface area contributed by atoms with Crippen molar-refractivity contribution in [2.45, 2.75) is 33.2 Å². The van der Waals surface area contributed by atoms with E-state index < -0.39 is 5.97 Å². The first kappa shape index (κ1) is 22.7. The lowest BCUT2D eigenvalue weighted by Gasteiger charge is -2.30. The SMILES string of the molecule is CCOC(=O)c1ccccc1NC(=O)C1CCN(Cc2nc(-c3ccccc3C)no2)CC1. The molecule has 4 rings (SSSR count). The number of hydrogen-bond acceptors (Lipinski definition) is 7. The first-order valence-electron chi connectivity index (χ1n) is 11.2. The van der Waals surface area contributed by atoms with Crippen molar-refractivity contribution in [3.05, 3.63) is 65.5 Å². The highest BCUT2D eigenvalue weighted by Gasteiger charge is 2.27. The van der Waals surface area contributed by atoms with Crippen LogP contribution in [0, 0.1) is 12.8 Å². The Morgan fingerprint density at radius 2 is 1.85 bits per heavy atom. The van der Waals surface area contributed by atoms with Gasteiger partial charge in [0.25, 0.3) is 0 Å². The minimum Gasteiger partial charge on any atom is -0.462 e. The highest BCUT2D eigenvalue weighted by molar-refractivity contribution is 6.01. The minimum absolute atomic E-state index is 0.0778. The number of aryl methyl sites for hydroxylation is 1. The molecular formula is C25H28N4O4.